The van der Waals surface area contributed by atoms with Crippen LogP contribution in [0.25, 0.3) is 0 Å². The first-order chi connectivity index (χ1) is 9.93. The van der Waals surface area contributed by atoms with Gasteiger partial charge in [0.15, 0.2) is 0 Å². The minimum Gasteiger partial charge on any atom is -0.479 e. The number of aliphatic carboxylic acids is 1. The van der Waals surface area contributed by atoms with E-state index in [4.69, 9.17) is 0 Å². The molecule has 1 unspecified atom stereocenters. The molecule has 0 saturated heterocycles. The Morgan fingerprint density at radius 2 is 1.71 bits per heavy atom. The fraction of sp³-hybridized carbons (Fsp3) is 0.706. The van der Waals surface area contributed by atoms with Crippen molar-refractivity contribution in [1.29, 1.82) is 0 Å². The van der Waals surface area contributed by atoms with Gasteiger partial charge in [0.05, 0.1) is 0 Å². The zero-order chi connectivity index (χ0) is 14.8. The maximum atomic E-state index is 12.1. The van der Waals surface area contributed by atoms with Gasteiger partial charge in [-0.05, 0) is 75.3 Å². The van der Waals surface area contributed by atoms with E-state index >= 15 is 0 Å². The van der Waals surface area contributed by atoms with E-state index in [9.17, 15) is 15.0 Å². The Balaban J connectivity index is 1.82. The van der Waals surface area contributed by atoms with Crippen LogP contribution in [0.15, 0.2) is 12.1 Å². The van der Waals surface area contributed by atoms with E-state index in [2.05, 4.69) is 0 Å². The van der Waals surface area contributed by atoms with Crippen LogP contribution in [0.4, 0.5) is 0 Å². The molecule has 21 heavy (non-hydrogen) atoms. The van der Waals surface area contributed by atoms with Crippen molar-refractivity contribution in [2.75, 3.05) is 0 Å². The predicted octanol–water partition coefficient (Wildman–Crippen LogP) is 3.55. The van der Waals surface area contributed by atoms with Gasteiger partial charge < -0.3 is 10.2 Å². The third-order valence-electron chi connectivity index (χ3n) is 6.21. The number of hydrogen-bond donors (Lipinski definition) is 2. The highest BCUT2D eigenvalue weighted by molar-refractivity contribution is 7.12. The lowest BCUT2D eigenvalue weighted by Crippen LogP contribution is -2.59. The van der Waals surface area contributed by atoms with Crippen molar-refractivity contribution in [3.05, 3.63) is 21.9 Å². The highest BCUT2D eigenvalue weighted by Crippen LogP contribution is 2.66. The second kappa shape index (κ2) is 4.32. The highest BCUT2D eigenvalue weighted by Gasteiger charge is 2.64. The smallest absolute Gasteiger partial charge is 0.341 e. The van der Waals surface area contributed by atoms with Crippen LogP contribution in [0.2, 0.25) is 0 Å². The summed E-state index contributed by atoms with van der Waals surface area (Å²) in [7, 11) is 0. The SMILES string of the molecule is Cc1ccc(C(O)(C(=O)O)C23CC4CC(CC(C4)C2)C3)s1. The molecule has 4 saturated carbocycles. The number of aryl methyl sites for hydroxylation is 1. The lowest BCUT2D eigenvalue weighted by Gasteiger charge is -2.60. The fourth-order valence-electron chi connectivity index (χ4n) is 5.78. The molecule has 0 aliphatic heterocycles. The summed E-state index contributed by atoms with van der Waals surface area (Å²) >= 11 is 1.44. The Kier molecular flexibility index (Phi) is 2.84. The van der Waals surface area contributed by atoms with Gasteiger partial charge in [-0.15, -0.1) is 11.3 Å². The van der Waals surface area contributed by atoms with Gasteiger partial charge in [0.2, 0.25) is 5.60 Å². The van der Waals surface area contributed by atoms with Crippen molar-refractivity contribution in [2.45, 2.75) is 51.0 Å². The molecule has 0 amide bonds. The number of rotatable bonds is 3. The summed E-state index contributed by atoms with van der Waals surface area (Å²) in [5.41, 5.74) is -2.13. The molecule has 1 aromatic heterocycles. The largest absolute Gasteiger partial charge is 0.479 e. The van der Waals surface area contributed by atoms with E-state index in [0.717, 1.165) is 24.1 Å². The van der Waals surface area contributed by atoms with Crippen LogP contribution < -0.4 is 0 Å². The molecule has 0 radical (unpaired) electrons. The number of thiophene rings is 1. The molecule has 3 nitrogen and oxygen atoms in total. The minimum absolute atomic E-state index is 0.440. The van der Waals surface area contributed by atoms with Crippen LogP contribution in [-0.4, -0.2) is 16.2 Å². The number of carboxylic acid groups (broad SMARTS) is 1. The monoisotopic (exact) mass is 306 g/mol. The second-order valence-corrected chi connectivity index (χ2v) is 8.91. The molecule has 5 rings (SSSR count). The molecule has 4 heteroatoms. The molecule has 0 spiro atoms. The summed E-state index contributed by atoms with van der Waals surface area (Å²) < 4.78 is 0. The molecular weight excluding hydrogens is 284 g/mol. The molecule has 2 N–H and O–H groups in total. The van der Waals surface area contributed by atoms with Gasteiger partial charge in [0.25, 0.3) is 0 Å². The van der Waals surface area contributed by atoms with Crippen LogP contribution >= 0.6 is 11.3 Å². The van der Waals surface area contributed by atoms with Gasteiger partial charge in [-0.3, -0.25) is 0 Å². The van der Waals surface area contributed by atoms with E-state index < -0.39 is 17.0 Å². The summed E-state index contributed by atoms with van der Waals surface area (Å²) in [6.07, 6.45) is 6.41. The number of carboxylic acids is 1. The van der Waals surface area contributed by atoms with E-state index in [0.29, 0.717) is 22.6 Å². The van der Waals surface area contributed by atoms with Crippen LogP contribution in [0.1, 0.15) is 48.3 Å². The van der Waals surface area contributed by atoms with Crippen LogP contribution in [0, 0.1) is 30.1 Å². The summed E-state index contributed by atoms with van der Waals surface area (Å²) in [6, 6.07) is 3.75. The zero-order valence-electron chi connectivity index (χ0n) is 12.3. The average molecular weight is 306 g/mol. The molecule has 1 aromatic rings. The number of aliphatic hydroxyl groups is 1. The van der Waals surface area contributed by atoms with Gasteiger partial charge in [-0.2, -0.15) is 0 Å². The highest BCUT2D eigenvalue weighted by atomic mass is 32.1. The first kappa shape index (κ1) is 13.8. The Morgan fingerprint density at radius 3 is 2.10 bits per heavy atom. The summed E-state index contributed by atoms with van der Waals surface area (Å²) in [4.78, 5) is 13.8. The standard InChI is InChI=1S/C17H22O3S/c1-10-2-3-14(21-10)17(20,15(18)19)16-7-11-4-12(8-16)6-13(5-11)9-16/h2-3,11-13,20H,4-9H2,1H3,(H,18,19). The van der Waals surface area contributed by atoms with Gasteiger partial charge in [-0.1, -0.05) is 0 Å². The first-order valence-electron chi connectivity index (χ1n) is 7.96. The Hall–Kier alpha value is -0.870. The third-order valence-corrected chi connectivity index (χ3v) is 7.32. The van der Waals surface area contributed by atoms with E-state index in [-0.39, 0.29) is 0 Å². The molecule has 4 aliphatic carbocycles. The molecule has 1 heterocycles. The van der Waals surface area contributed by atoms with Gasteiger partial charge in [0.1, 0.15) is 0 Å². The van der Waals surface area contributed by atoms with Gasteiger partial charge >= 0.3 is 5.97 Å². The lowest BCUT2D eigenvalue weighted by molar-refractivity contribution is -0.207. The fourth-order valence-corrected chi connectivity index (χ4v) is 6.85. The van der Waals surface area contributed by atoms with Crippen molar-refractivity contribution in [3.63, 3.8) is 0 Å². The van der Waals surface area contributed by atoms with E-state index in [1.54, 1.807) is 0 Å². The number of hydrogen-bond acceptors (Lipinski definition) is 3. The second-order valence-electron chi connectivity index (χ2n) is 7.62. The van der Waals surface area contributed by atoms with Crippen molar-refractivity contribution in [1.82, 2.24) is 0 Å². The first-order valence-corrected chi connectivity index (χ1v) is 8.77. The van der Waals surface area contributed by atoms with E-state index in [1.807, 2.05) is 19.1 Å². The molecular formula is C17H22O3S. The lowest BCUT2D eigenvalue weighted by atomic mass is 9.45. The predicted molar refractivity (Wildman–Crippen MR) is 81.2 cm³/mol. The molecule has 114 valence electrons. The van der Waals surface area contributed by atoms with Gasteiger partial charge in [-0.25, -0.2) is 4.79 Å². The van der Waals surface area contributed by atoms with Crippen molar-refractivity contribution in [3.8, 4) is 0 Å². The van der Waals surface area contributed by atoms with Crippen molar-refractivity contribution in [2.24, 2.45) is 23.2 Å². The Bertz CT molecular complexity index is 555. The van der Waals surface area contributed by atoms with Crippen LogP contribution in [-0.2, 0) is 10.4 Å². The van der Waals surface area contributed by atoms with Crippen LogP contribution in [0.3, 0.4) is 0 Å². The van der Waals surface area contributed by atoms with Gasteiger partial charge in [0, 0.05) is 15.2 Å². The summed E-state index contributed by atoms with van der Waals surface area (Å²) in [6.45, 7) is 1.97. The van der Waals surface area contributed by atoms with Crippen molar-refractivity contribution < 1.29 is 15.0 Å². The quantitative estimate of drug-likeness (QED) is 0.898. The average Bonchev–Trinajstić information content (AvgIpc) is 2.82. The maximum Gasteiger partial charge on any atom is 0.341 e. The normalized spacial score (nSPS) is 40.2. The summed E-state index contributed by atoms with van der Waals surface area (Å²) in [5, 5.41) is 21.3. The zero-order valence-corrected chi connectivity index (χ0v) is 13.2. The molecule has 1 atom stereocenters. The Morgan fingerprint density at radius 1 is 1.19 bits per heavy atom. The third kappa shape index (κ3) is 1.78. The molecule has 4 bridgehead atoms. The molecule has 4 aliphatic rings. The Labute approximate surface area is 129 Å². The molecule has 0 aromatic carbocycles. The van der Waals surface area contributed by atoms with Crippen LogP contribution in [0.5, 0.6) is 0 Å². The maximum absolute atomic E-state index is 12.1. The number of carbonyl (C=O) groups is 1. The topological polar surface area (TPSA) is 57.5 Å². The van der Waals surface area contributed by atoms with E-state index in [1.165, 1.54) is 30.6 Å². The summed E-state index contributed by atoms with van der Waals surface area (Å²) in [5.74, 6) is 0.834. The van der Waals surface area contributed by atoms with Crippen molar-refractivity contribution >= 4 is 17.3 Å². The molecule has 4 fully saturated rings. The minimum atomic E-state index is -1.69.